The van der Waals surface area contributed by atoms with Crippen LogP contribution in [-0.2, 0) is 4.74 Å². The van der Waals surface area contributed by atoms with E-state index in [-0.39, 0.29) is 5.97 Å². The molecule has 0 bridgehead atoms. The van der Waals surface area contributed by atoms with Gasteiger partial charge < -0.3 is 9.72 Å². The summed E-state index contributed by atoms with van der Waals surface area (Å²) >= 11 is 0. The third-order valence-corrected chi connectivity index (χ3v) is 2.21. The number of nitrogens with zero attached hydrogens (tertiary/aromatic N) is 1. The topological polar surface area (TPSA) is 54.5 Å². The second kappa shape index (κ2) is 4.77. The average molecular weight is 208 g/mol. The first-order valence-corrected chi connectivity index (χ1v) is 4.90. The van der Waals surface area contributed by atoms with Gasteiger partial charge in [-0.15, -0.1) is 0 Å². The molecule has 0 unspecified atom stereocenters. The van der Waals surface area contributed by atoms with E-state index in [0.717, 1.165) is 17.0 Å². The van der Waals surface area contributed by atoms with Crippen LogP contribution in [0.2, 0.25) is 0 Å². The Morgan fingerprint density at radius 3 is 2.73 bits per heavy atom. The van der Waals surface area contributed by atoms with Crippen LogP contribution in [0.4, 0.5) is 0 Å². The Labute approximate surface area is 89.4 Å². The smallest absolute Gasteiger partial charge is 0.340 e. The highest BCUT2D eigenvalue weighted by molar-refractivity contribution is 5.96. The van der Waals surface area contributed by atoms with Crippen molar-refractivity contribution in [1.29, 1.82) is 0 Å². The van der Waals surface area contributed by atoms with Crippen LogP contribution in [-0.4, -0.2) is 30.8 Å². The summed E-state index contributed by atoms with van der Waals surface area (Å²) in [5, 5.41) is 0. The first-order valence-electron chi connectivity index (χ1n) is 4.90. The number of hydrogen-bond donors (Lipinski definition) is 1. The number of aryl methyl sites for hydroxylation is 1. The summed E-state index contributed by atoms with van der Waals surface area (Å²) < 4.78 is 4.98. The number of aromatic amines is 1. The molecule has 0 saturated heterocycles. The normalized spacial score (nSPS) is 10.9. The van der Waals surface area contributed by atoms with E-state index in [0.29, 0.717) is 12.2 Å². The van der Waals surface area contributed by atoms with Gasteiger partial charge in [0.25, 0.3) is 0 Å². The summed E-state index contributed by atoms with van der Waals surface area (Å²) in [5.41, 5.74) is 3.18. The lowest BCUT2D eigenvalue weighted by Gasteiger charge is -2.01. The lowest BCUT2D eigenvalue weighted by molar-refractivity contribution is 0.0525. The number of esters is 1. The maximum atomic E-state index is 11.6. The number of nitrogens with one attached hydrogen (secondary N) is 1. The Kier molecular flexibility index (Phi) is 3.66. The highest BCUT2D eigenvalue weighted by Gasteiger charge is 2.17. The van der Waals surface area contributed by atoms with Crippen LogP contribution in [0.5, 0.6) is 0 Å². The third kappa shape index (κ3) is 2.26. The standard InChI is InChI=1S/C11H16N2O2/c1-5-15-11(14)10-7(2)9(6-12-4)13-8(10)3/h6,13H,5H2,1-4H3. The van der Waals surface area contributed by atoms with Gasteiger partial charge in [-0.25, -0.2) is 4.79 Å². The summed E-state index contributed by atoms with van der Waals surface area (Å²) in [6.07, 6.45) is 1.70. The molecule has 0 aliphatic rings. The zero-order chi connectivity index (χ0) is 11.4. The Morgan fingerprint density at radius 2 is 2.20 bits per heavy atom. The van der Waals surface area contributed by atoms with Crippen molar-refractivity contribution in [3.63, 3.8) is 0 Å². The van der Waals surface area contributed by atoms with E-state index in [1.807, 2.05) is 13.8 Å². The van der Waals surface area contributed by atoms with Gasteiger partial charge in [-0.05, 0) is 26.3 Å². The molecule has 0 aliphatic carbocycles. The monoisotopic (exact) mass is 208 g/mol. The molecule has 82 valence electrons. The summed E-state index contributed by atoms with van der Waals surface area (Å²) in [7, 11) is 1.69. The van der Waals surface area contributed by atoms with Crippen molar-refractivity contribution in [3.8, 4) is 0 Å². The Morgan fingerprint density at radius 1 is 1.53 bits per heavy atom. The van der Waals surface area contributed by atoms with Gasteiger partial charge in [0.1, 0.15) is 0 Å². The van der Waals surface area contributed by atoms with E-state index >= 15 is 0 Å². The molecule has 4 nitrogen and oxygen atoms in total. The third-order valence-electron chi connectivity index (χ3n) is 2.21. The van der Waals surface area contributed by atoms with Crippen LogP contribution in [0.15, 0.2) is 4.99 Å². The van der Waals surface area contributed by atoms with Gasteiger partial charge in [0.2, 0.25) is 0 Å². The van der Waals surface area contributed by atoms with E-state index in [1.165, 1.54) is 0 Å². The molecule has 0 radical (unpaired) electrons. The predicted octanol–water partition coefficient (Wildman–Crippen LogP) is 1.86. The van der Waals surface area contributed by atoms with Crippen molar-refractivity contribution in [1.82, 2.24) is 4.98 Å². The molecule has 1 aromatic heterocycles. The highest BCUT2D eigenvalue weighted by atomic mass is 16.5. The van der Waals surface area contributed by atoms with Crippen LogP contribution in [0.3, 0.4) is 0 Å². The fourth-order valence-electron chi connectivity index (χ4n) is 1.54. The van der Waals surface area contributed by atoms with Crippen molar-refractivity contribution in [3.05, 3.63) is 22.5 Å². The number of aromatic nitrogens is 1. The van der Waals surface area contributed by atoms with E-state index in [2.05, 4.69) is 9.98 Å². The number of carbonyl (C=O) groups is 1. The first-order chi connectivity index (χ1) is 7.11. The second-order valence-electron chi connectivity index (χ2n) is 3.27. The van der Waals surface area contributed by atoms with Crippen LogP contribution in [0.25, 0.3) is 0 Å². The fourth-order valence-corrected chi connectivity index (χ4v) is 1.54. The molecule has 1 rings (SSSR count). The highest BCUT2D eigenvalue weighted by Crippen LogP contribution is 2.17. The Balaban J connectivity index is 3.13. The maximum Gasteiger partial charge on any atom is 0.340 e. The minimum Gasteiger partial charge on any atom is -0.462 e. The number of carbonyl (C=O) groups excluding carboxylic acids is 1. The molecule has 0 aliphatic heterocycles. The van der Waals surface area contributed by atoms with Crippen molar-refractivity contribution in [2.75, 3.05) is 13.7 Å². The van der Waals surface area contributed by atoms with Crippen molar-refractivity contribution < 1.29 is 9.53 Å². The number of ether oxygens (including phenoxy) is 1. The van der Waals surface area contributed by atoms with Crippen molar-refractivity contribution in [2.24, 2.45) is 4.99 Å². The number of H-pyrrole nitrogens is 1. The molecule has 1 N–H and O–H groups in total. The van der Waals surface area contributed by atoms with Crippen molar-refractivity contribution in [2.45, 2.75) is 20.8 Å². The quantitative estimate of drug-likeness (QED) is 0.609. The minimum absolute atomic E-state index is 0.278. The molecule has 1 heterocycles. The number of aliphatic imine (C=N–C) groups is 1. The summed E-state index contributed by atoms with van der Waals surface area (Å²) in [5.74, 6) is -0.278. The Bertz CT molecular complexity index is 392. The largest absolute Gasteiger partial charge is 0.462 e. The molecule has 15 heavy (non-hydrogen) atoms. The van der Waals surface area contributed by atoms with Gasteiger partial charge in [-0.3, -0.25) is 4.99 Å². The summed E-state index contributed by atoms with van der Waals surface area (Å²) in [6, 6.07) is 0. The second-order valence-corrected chi connectivity index (χ2v) is 3.27. The van der Waals surface area contributed by atoms with Crippen molar-refractivity contribution >= 4 is 12.2 Å². The van der Waals surface area contributed by atoms with Gasteiger partial charge in [0.15, 0.2) is 0 Å². The van der Waals surface area contributed by atoms with E-state index in [1.54, 1.807) is 20.2 Å². The molecule has 0 aromatic carbocycles. The van der Waals surface area contributed by atoms with Gasteiger partial charge >= 0.3 is 5.97 Å². The van der Waals surface area contributed by atoms with Gasteiger partial charge in [-0.1, -0.05) is 0 Å². The number of rotatable bonds is 3. The molecule has 0 fully saturated rings. The zero-order valence-corrected chi connectivity index (χ0v) is 9.55. The SMILES string of the molecule is CCOC(=O)c1c(C)[nH]c(C=NC)c1C. The van der Waals surface area contributed by atoms with Crippen LogP contribution < -0.4 is 0 Å². The van der Waals surface area contributed by atoms with Crippen LogP contribution >= 0.6 is 0 Å². The van der Waals surface area contributed by atoms with Gasteiger partial charge in [0.05, 0.1) is 17.9 Å². The number of hydrogen-bond acceptors (Lipinski definition) is 3. The average Bonchev–Trinajstić information content (AvgIpc) is 2.43. The molecule has 1 aromatic rings. The van der Waals surface area contributed by atoms with Gasteiger partial charge in [0, 0.05) is 19.0 Å². The van der Waals surface area contributed by atoms with Gasteiger partial charge in [-0.2, -0.15) is 0 Å². The van der Waals surface area contributed by atoms with E-state index in [4.69, 9.17) is 4.74 Å². The minimum atomic E-state index is -0.278. The van der Waals surface area contributed by atoms with E-state index < -0.39 is 0 Å². The van der Waals surface area contributed by atoms with Crippen LogP contribution in [0, 0.1) is 13.8 Å². The van der Waals surface area contributed by atoms with Crippen LogP contribution in [0.1, 0.15) is 34.2 Å². The lowest BCUT2D eigenvalue weighted by Crippen LogP contribution is -2.06. The summed E-state index contributed by atoms with van der Waals surface area (Å²) in [4.78, 5) is 18.6. The maximum absolute atomic E-state index is 11.6. The predicted molar refractivity (Wildman–Crippen MR) is 59.7 cm³/mol. The Hall–Kier alpha value is -1.58. The first kappa shape index (κ1) is 11.5. The molecular formula is C11H16N2O2. The fraction of sp³-hybridized carbons (Fsp3) is 0.455. The molecule has 0 amide bonds. The molecule has 4 heteroatoms. The molecule has 0 spiro atoms. The van der Waals surface area contributed by atoms with E-state index in [9.17, 15) is 4.79 Å². The lowest BCUT2D eigenvalue weighted by atomic mass is 10.1. The molecule has 0 atom stereocenters. The summed E-state index contributed by atoms with van der Waals surface area (Å²) in [6.45, 7) is 5.92. The zero-order valence-electron chi connectivity index (χ0n) is 9.55. The molecule has 0 saturated carbocycles. The molecular weight excluding hydrogens is 192 g/mol.